The molecular formula is C15H21FN2O2. The second-order valence-electron chi connectivity index (χ2n) is 5.58. The molecule has 3 heterocycles. The number of aromatic nitrogens is 1. The lowest BCUT2D eigenvalue weighted by atomic mass is 10.1. The van der Waals surface area contributed by atoms with Crippen molar-refractivity contribution in [2.45, 2.75) is 37.9 Å². The molecule has 1 aromatic heterocycles. The fraction of sp³-hybridized carbons (Fsp3) is 0.667. The Balaban J connectivity index is 1.47. The minimum atomic E-state index is -0.493. The van der Waals surface area contributed by atoms with Crippen LogP contribution in [-0.4, -0.2) is 48.3 Å². The number of hydrogen-bond donors (Lipinski definition) is 0. The molecule has 1 aromatic rings. The summed E-state index contributed by atoms with van der Waals surface area (Å²) in [7, 11) is 0. The maximum atomic E-state index is 13.0. The molecule has 0 N–H and O–H groups in total. The fourth-order valence-corrected chi connectivity index (χ4v) is 2.92. The highest BCUT2D eigenvalue weighted by Crippen LogP contribution is 2.20. The molecular weight excluding hydrogens is 259 g/mol. The SMILES string of the molecule is Fc1cccc(OC2CCN(CC3CCCCO3)C2)n1. The van der Waals surface area contributed by atoms with Crippen molar-refractivity contribution in [2.75, 3.05) is 26.2 Å². The number of nitrogens with zero attached hydrogens (tertiary/aromatic N) is 2. The maximum absolute atomic E-state index is 13.0. The standard InChI is InChI=1S/C15H21FN2O2/c16-14-5-3-6-15(17-14)20-13-7-8-18(11-13)10-12-4-1-2-9-19-12/h3,5-6,12-13H,1-2,4,7-11H2. The third-order valence-corrected chi connectivity index (χ3v) is 3.94. The Morgan fingerprint density at radius 3 is 3.10 bits per heavy atom. The van der Waals surface area contributed by atoms with Crippen LogP contribution in [0, 0.1) is 5.95 Å². The average molecular weight is 280 g/mol. The van der Waals surface area contributed by atoms with Gasteiger partial charge in [0.1, 0.15) is 6.10 Å². The van der Waals surface area contributed by atoms with Crippen LogP contribution in [0.15, 0.2) is 18.2 Å². The molecule has 2 aliphatic rings. The molecule has 2 unspecified atom stereocenters. The van der Waals surface area contributed by atoms with E-state index in [2.05, 4.69) is 9.88 Å². The van der Waals surface area contributed by atoms with Gasteiger partial charge in [-0.3, -0.25) is 4.90 Å². The van der Waals surface area contributed by atoms with Gasteiger partial charge in [0.2, 0.25) is 11.8 Å². The monoisotopic (exact) mass is 280 g/mol. The molecule has 0 saturated carbocycles. The van der Waals surface area contributed by atoms with Gasteiger partial charge in [0.05, 0.1) is 6.10 Å². The van der Waals surface area contributed by atoms with Crippen molar-refractivity contribution in [3.63, 3.8) is 0 Å². The van der Waals surface area contributed by atoms with Crippen LogP contribution in [0.25, 0.3) is 0 Å². The van der Waals surface area contributed by atoms with Crippen molar-refractivity contribution < 1.29 is 13.9 Å². The molecule has 2 aliphatic heterocycles. The Hall–Kier alpha value is -1.20. The van der Waals surface area contributed by atoms with Gasteiger partial charge in [0.25, 0.3) is 0 Å². The first-order chi connectivity index (χ1) is 9.79. The molecule has 2 atom stereocenters. The molecule has 4 nitrogen and oxygen atoms in total. The van der Waals surface area contributed by atoms with Gasteiger partial charge in [0, 0.05) is 32.3 Å². The zero-order chi connectivity index (χ0) is 13.8. The number of pyridine rings is 1. The van der Waals surface area contributed by atoms with E-state index in [0.717, 1.165) is 39.1 Å². The molecule has 5 heteroatoms. The maximum Gasteiger partial charge on any atom is 0.216 e. The van der Waals surface area contributed by atoms with Gasteiger partial charge in [-0.2, -0.15) is 9.37 Å². The van der Waals surface area contributed by atoms with Crippen molar-refractivity contribution >= 4 is 0 Å². The summed E-state index contributed by atoms with van der Waals surface area (Å²) in [4.78, 5) is 6.12. The summed E-state index contributed by atoms with van der Waals surface area (Å²) >= 11 is 0. The molecule has 0 bridgehead atoms. The van der Waals surface area contributed by atoms with Crippen LogP contribution in [-0.2, 0) is 4.74 Å². The number of rotatable bonds is 4. The number of halogens is 1. The van der Waals surface area contributed by atoms with Crippen molar-refractivity contribution in [2.24, 2.45) is 0 Å². The molecule has 2 fully saturated rings. The van der Waals surface area contributed by atoms with E-state index in [0.29, 0.717) is 12.0 Å². The first-order valence-corrected chi connectivity index (χ1v) is 7.43. The minimum Gasteiger partial charge on any atom is -0.473 e. The molecule has 0 aromatic carbocycles. The van der Waals surface area contributed by atoms with Crippen LogP contribution in [0.1, 0.15) is 25.7 Å². The van der Waals surface area contributed by atoms with E-state index in [-0.39, 0.29) is 6.10 Å². The van der Waals surface area contributed by atoms with Crippen LogP contribution in [0.2, 0.25) is 0 Å². The lowest BCUT2D eigenvalue weighted by Crippen LogP contribution is -2.35. The molecule has 0 spiro atoms. The first-order valence-electron chi connectivity index (χ1n) is 7.43. The first kappa shape index (κ1) is 13.8. The second kappa shape index (κ2) is 6.50. The summed E-state index contributed by atoms with van der Waals surface area (Å²) in [6, 6.07) is 4.66. The molecule has 3 rings (SSSR count). The topological polar surface area (TPSA) is 34.6 Å². The lowest BCUT2D eigenvalue weighted by Gasteiger charge is -2.27. The highest BCUT2D eigenvalue weighted by Gasteiger charge is 2.27. The Labute approximate surface area is 118 Å². The van der Waals surface area contributed by atoms with Gasteiger partial charge < -0.3 is 9.47 Å². The van der Waals surface area contributed by atoms with Gasteiger partial charge >= 0.3 is 0 Å². The van der Waals surface area contributed by atoms with E-state index in [1.54, 1.807) is 12.1 Å². The highest BCUT2D eigenvalue weighted by molar-refractivity contribution is 5.11. The summed E-state index contributed by atoms with van der Waals surface area (Å²) in [6.07, 6.45) is 5.06. The predicted molar refractivity (Wildman–Crippen MR) is 73.3 cm³/mol. The van der Waals surface area contributed by atoms with Gasteiger partial charge in [0.15, 0.2) is 0 Å². The van der Waals surface area contributed by atoms with Gasteiger partial charge in [-0.25, -0.2) is 0 Å². The van der Waals surface area contributed by atoms with Crippen LogP contribution in [0.3, 0.4) is 0 Å². The zero-order valence-corrected chi connectivity index (χ0v) is 11.6. The number of ether oxygens (including phenoxy) is 2. The predicted octanol–water partition coefficient (Wildman–Crippen LogP) is 2.24. The molecule has 20 heavy (non-hydrogen) atoms. The summed E-state index contributed by atoms with van der Waals surface area (Å²) in [5, 5.41) is 0. The molecule has 2 saturated heterocycles. The number of likely N-dealkylation sites (tertiary alicyclic amines) is 1. The Kier molecular flexibility index (Phi) is 4.47. The van der Waals surface area contributed by atoms with Crippen molar-refractivity contribution in [1.29, 1.82) is 0 Å². The lowest BCUT2D eigenvalue weighted by molar-refractivity contribution is -0.00320. The summed E-state index contributed by atoms with van der Waals surface area (Å²) in [5.41, 5.74) is 0. The van der Waals surface area contributed by atoms with Gasteiger partial charge in [-0.1, -0.05) is 6.07 Å². The molecule has 0 aliphatic carbocycles. The largest absolute Gasteiger partial charge is 0.473 e. The highest BCUT2D eigenvalue weighted by atomic mass is 19.1. The quantitative estimate of drug-likeness (QED) is 0.792. The van der Waals surface area contributed by atoms with E-state index in [9.17, 15) is 4.39 Å². The Morgan fingerprint density at radius 1 is 1.35 bits per heavy atom. The smallest absolute Gasteiger partial charge is 0.216 e. The van der Waals surface area contributed by atoms with E-state index >= 15 is 0 Å². The van der Waals surface area contributed by atoms with Crippen LogP contribution in [0.4, 0.5) is 4.39 Å². The third kappa shape index (κ3) is 3.67. The normalized spacial score (nSPS) is 27.6. The van der Waals surface area contributed by atoms with Crippen LogP contribution >= 0.6 is 0 Å². The Morgan fingerprint density at radius 2 is 2.30 bits per heavy atom. The van der Waals surface area contributed by atoms with Gasteiger partial charge in [-0.15, -0.1) is 0 Å². The van der Waals surface area contributed by atoms with Crippen molar-refractivity contribution in [3.05, 3.63) is 24.1 Å². The van der Waals surface area contributed by atoms with E-state index < -0.39 is 5.95 Å². The van der Waals surface area contributed by atoms with Gasteiger partial charge in [-0.05, 0) is 31.7 Å². The average Bonchev–Trinajstić information content (AvgIpc) is 2.87. The van der Waals surface area contributed by atoms with Crippen LogP contribution < -0.4 is 4.74 Å². The molecule has 110 valence electrons. The number of hydrogen-bond acceptors (Lipinski definition) is 4. The van der Waals surface area contributed by atoms with Crippen LogP contribution in [0.5, 0.6) is 5.88 Å². The minimum absolute atomic E-state index is 0.105. The summed E-state index contributed by atoms with van der Waals surface area (Å²) < 4.78 is 24.5. The Bertz CT molecular complexity index is 438. The van der Waals surface area contributed by atoms with E-state index in [4.69, 9.17) is 9.47 Å². The van der Waals surface area contributed by atoms with Crippen molar-refractivity contribution in [3.8, 4) is 5.88 Å². The summed E-state index contributed by atoms with van der Waals surface area (Å²) in [5.74, 6) is -0.112. The second-order valence-corrected chi connectivity index (χ2v) is 5.58. The zero-order valence-electron chi connectivity index (χ0n) is 11.6. The third-order valence-electron chi connectivity index (χ3n) is 3.94. The molecule has 0 amide bonds. The summed E-state index contributed by atoms with van der Waals surface area (Å²) in [6.45, 7) is 3.76. The fourth-order valence-electron chi connectivity index (χ4n) is 2.92. The van der Waals surface area contributed by atoms with E-state index in [1.807, 2.05) is 0 Å². The molecule has 0 radical (unpaired) electrons. The van der Waals surface area contributed by atoms with E-state index in [1.165, 1.54) is 18.9 Å². The van der Waals surface area contributed by atoms with Crippen molar-refractivity contribution in [1.82, 2.24) is 9.88 Å².